The largest absolute Gasteiger partial charge is 0.396 e. The summed E-state index contributed by atoms with van der Waals surface area (Å²) in [6, 6.07) is 2.85. The third-order valence-corrected chi connectivity index (χ3v) is 3.30. The van der Waals surface area contributed by atoms with E-state index in [4.69, 9.17) is 5.11 Å². The Morgan fingerprint density at radius 2 is 2.40 bits per heavy atom. The molecular formula is C11H21N3O. The Balaban J connectivity index is 2.50. The Labute approximate surface area is 91.9 Å². The van der Waals surface area contributed by atoms with Gasteiger partial charge >= 0.3 is 0 Å². The van der Waals surface area contributed by atoms with E-state index in [0.717, 1.165) is 25.9 Å². The minimum absolute atomic E-state index is 0.184. The lowest BCUT2D eigenvalue weighted by Crippen LogP contribution is -2.55. The second kappa shape index (κ2) is 5.45. The molecular weight excluding hydrogens is 190 g/mol. The molecule has 86 valence electrons. The highest BCUT2D eigenvalue weighted by atomic mass is 16.3. The lowest BCUT2D eigenvalue weighted by molar-refractivity contribution is 0.136. The van der Waals surface area contributed by atoms with Gasteiger partial charge in [-0.3, -0.25) is 5.32 Å². The van der Waals surface area contributed by atoms with E-state index in [1.165, 1.54) is 0 Å². The highest BCUT2D eigenvalue weighted by Crippen LogP contribution is 2.25. The SMILES string of the molecule is CC1CC(C#N)(NCCCO)CCN1C. The van der Waals surface area contributed by atoms with E-state index in [1.54, 1.807) is 0 Å². The van der Waals surface area contributed by atoms with Gasteiger partial charge in [-0.1, -0.05) is 0 Å². The predicted octanol–water partition coefficient (Wildman–Crippen LogP) is 0.335. The standard InChI is InChI=1S/C11H21N3O/c1-10-8-11(9-12,4-6-14(10)2)13-5-3-7-15/h10,13,15H,3-8H2,1-2H3. The van der Waals surface area contributed by atoms with Crippen LogP contribution in [0.1, 0.15) is 26.2 Å². The molecule has 2 unspecified atom stereocenters. The number of nitrogens with zero attached hydrogens (tertiary/aromatic N) is 2. The molecule has 0 spiro atoms. The fraction of sp³-hybridized carbons (Fsp3) is 0.909. The van der Waals surface area contributed by atoms with Crippen molar-refractivity contribution < 1.29 is 5.11 Å². The zero-order valence-corrected chi connectivity index (χ0v) is 9.66. The molecule has 0 aromatic heterocycles. The van der Waals surface area contributed by atoms with Crippen molar-refractivity contribution >= 4 is 0 Å². The molecule has 1 heterocycles. The van der Waals surface area contributed by atoms with Crippen LogP contribution >= 0.6 is 0 Å². The summed E-state index contributed by atoms with van der Waals surface area (Å²) in [6.45, 7) is 4.02. The molecule has 1 saturated heterocycles. The molecule has 2 N–H and O–H groups in total. The average molecular weight is 211 g/mol. The number of rotatable bonds is 4. The molecule has 1 fully saturated rings. The summed E-state index contributed by atoms with van der Waals surface area (Å²) in [5, 5.41) is 21.3. The zero-order valence-electron chi connectivity index (χ0n) is 9.66. The molecule has 0 radical (unpaired) electrons. The van der Waals surface area contributed by atoms with E-state index >= 15 is 0 Å². The van der Waals surface area contributed by atoms with Gasteiger partial charge in [0, 0.05) is 19.2 Å². The molecule has 4 nitrogen and oxygen atoms in total. The molecule has 15 heavy (non-hydrogen) atoms. The van der Waals surface area contributed by atoms with Crippen molar-refractivity contribution in [1.82, 2.24) is 10.2 Å². The molecule has 1 aliphatic rings. The Hall–Kier alpha value is -0.630. The summed E-state index contributed by atoms with van der Waals surface area (Å²) in [5.41, 5.74) is -0.374. The number of piperidine rings is 1. The van der Waals surface area contributed by atoms with Gasteiger partial charge in [0.1, 0.15) is 5.54 Å². The molecule has 2 atom stereocenters. The van der Waals surface area contributed by atoms with Crippen LogP contribution in [0, 0.1) is 11.3 Å². The third-order valence-electron chi connectivity index (χ3n) is 3.30. The number of aliphatic hydroxyl groups excluding tert-OH is 1. The molecule has 0 aromatic rings. The second-order valence-corrected chi connectivity index (χ2v) is 4.48. The van der Waals surface area contributed by atoms with Gasteiger partial charge in [0.25, 0.3) is 0 Å². The van der Waals surface area contributed by atoms with Crippen LogP contribution in [0.4, 0.5) is 0 Å². The van der Waals surface area contributed by atoms with Gasteiger partial charge in [-0.05, 0) is 39.8 Å². The van der Waals surface area contributed by atoms with E-state index in [1.807, 2.05) is 0 Å². The van der Waals surface area contributed by atoms with Crippen molar-refractivity contribution in [2.24, 2.45) is 0 Å². The molecule has 0 aliphatic carbocycles. The van der Waals surface area contributed by atoms with Crippen molar-refractivity contribution in [3.63, 3.8) is 0 Å². The maximum absolute atomic E-state index is 9.25. The third kappa shape index (κ3) is 3.16. The fourth-order valence-corrected chi connectivity index (χ4v) is 2.06. The van der Waals surface area contributed by atoms with Crippen LogP contribution < -0.4 is 5.32 Å². The Morgan fingerprint density at radius 3 is 2.93 bits per heavy atom. The van der Waals surface area contributed by atoms with Crippen LogP contribution in [-0.2, 0) is 0 Å². The van der Waals surface area contributed by atoms with Crippen LogP contribution in [0.2, 0.25) is 0 Å². The van der Waals surface area contributed by atoms with E-state index in [-0.39, 0.29) is 12.1 Å². The minimum atomic E-state index is -0.374. The molecule has 4 heteroatoms. The van der Waals surface area contributed by atoms with Crippen LogP contribution in [0.25, 0.3) is 0 Å². The number of hydrogen-bond acceptors (Lipinski definition) is 4. The fourth-order valence-electron chi connectivity index (χ4n) is 2.06. The van der Waals surface area contributed by atoms with Crippen molar-refractivity contribution in [3.8, 4) is 6.07 Å². The van der Waals surface area contributed by atoms with E-state index < -0.39 is 0 Å². The predicted molar refractivity (Wildman–Crippen MR) is 59.4 cm³/mol. The van der Waals surface area contributed by atoms with E-state index in [2.05, 4.69) is 30.3 Å². The number of nitriles is 1. The molecule has 0 bridgehead atoms. The van der Waals surface area contributed by atoms with Gasteiger partial charge in [0.15, 0.2) is 0 Å². The molecule has 0 aromatic carbocycles. The summed E-state index contributed by atoms with van der Waals surface area (Å²) in [7, 11) is 2.10. The van der Waals surface area contributed by atoms with Crippen molar-refractivity contribution in [3.05, 3.63) is 0 Å². The van der Waals surface area contributed by atoms with Crippen LogP contribution in [0.3, 0.4) is 0 Å². The van der Waals surface area contributed by atoms with Gasteiger partial charge < -0.3 is 10.0 Å². The quantitative estimate of drug-likeness (QED) is 0.658. The van der Waals surface area contributed by atoms with Gasteiger partial charge in [0.2, 0.25) is 0 Å². The summed E-state index contributed by atoms with van der Waals surface area (Å²) in [4.78, 5) is 2.28. The van der Waals surface area contributed by atoms with Crippen LogP contribution in [-0.4, -0.2) is 48.3 Å². The Morgan fingerprint density at radius 1 is 1.67 bits per heavy atom. The highest BCUT2D eigenvalue weighted by Gasteiger charge is 2.36. The van der Waals surface area contributed by atoms with Crippen LogP contribution in [0.5, 0.6) is 0 Å². The number of likely N-dealkylation sites (tertiary alicyclic amines) is 1. The van der Waals surface area contributed by atoms with Crippen molar-refractivity contribution in [2.75, 3.05) is 26.7 Å². The maximum Gasteiger partial charge on any atom is 0.109 e. The Bertz CT molecular complexity index is 238. The Kier molecular flexibility index (Phi) is 4.52. The first-order chi connectivity index (χ1) is 7.13. The average Bonchev–Trinajstić information content (AvgIpc) is 2.24. The molecule has 1 rings (SSSR count). The second-order valence-electron chi connectivity index (χ2n) is 4.48. The lowest BCUT2D eigenvalue weighted by Gasteiger charge is -2.40. The van der Waals surface area contributed by atoms with Crippen molar-refractivity contribution in [2.45, 2.75) is 37.8 Å². The first-order valence-corrected chi connectivity index (χ1v) is 5.61. The van der Waals surface area contributed by atoms with Gasteiger partial charge in [-0.15, -0.1) is 0 Å². The first-order valence-electron chi connectivity index (χ1n) is 5.61. The maximum atomic E-state index is 9.25. The van der Waals surface area contributed by atoms with Crippen LogP contribution in [0.15, 0.2) is 0 Å². The first kappa shape index (κ1) is 12.4. The van der Waals surface area contributed by atoms with Crippen molar-refractivity contribution in [1.29, 1.82) is 5.26 Å². The topological polar surface area (TPSA) is 59.3 Å². The summed E-state index contributed by atoms with van der Waals surface area (Å²) in [5.74, 6) is 0. The molecule has 0 saturated carbocycles. The van der Waals surface area contributed by atoms with E-state index in [0.29, 0.717) is 12.5 Å². The summed E-state index contributed by atoms with van der Waals surface area (Å²) < 4.78 is 0. The monoisotopic (exact) mass is 211 g/mol. The zero-order chi connectivity index (χ0) is 11.3. The smallest absolute Gasteiger partial charge is 0.109 e. The number of hydrogen-bond donors (Lipinski definition) is 2. The molecule has 1 aliphatic heterocycles. The summed E-state index contributed by atoms with van der Waals surface area (Å²) in [6.07, 6.45) is 2.45. The lowest BCUT2D eigenvalue weighted by atomic mass is 9.85. The number of aliphatic hydroxyl groups is 1. The molecule has 0 amide bonds. The number of nitrogens with one attached hydrogen (secondary N) is 1. The van der Waals surface area contributed by atoms with Gasteiger partial charge in [-0.25, -0.2) is 0 Å². The normalized spacial score (nSPS) is 32.5. The minimum Gasteiger partial charge on any atom is -0.396 e. The highest BCUT2D eigenvalue weighted by molar-refractivity contribution is 5.11. The van der Waals surface area contributed by atoms with Gasteiger partial charge in [0.05, 0.1) is 6.07 Å². The summed E-state index contributed by atoms with van der Waals surface area (Å²) >= 11 is 0. The van der Waals surface area contributed by atoms with Gasteiger partial charge in [-0.2, -0.15) is 5.26 Å². The van der Waals surface area contributed by atoms with E-state index in [9.17, 15) is 5.26 Å².